The first-order valence-electron chi connectivity index (χ1n) is 16.3. The van der Waals surface area contributed by atoms with Crippen molar-refractivity contribution in [1.29, 1.82) is 0 Å². The van der Waals surface area contributed by atoms with Gasteiger partial charge in [0.25, 0.3) is 0 Å². The van der Waals surface area contributed by atoms with Crippen LogP contribution < -0.4 is 0 Å². The van der Waals surface area contributed by atoms with Gasteiger partial charge in [0.2, 0.25) is 0 Å². The van der Waals surface area contributed by atoms with Crippen molar-refractivity contribution >= 4 is 49.0 Å². The Bertz CT molecular complexity index is 1890. The number of ketones is 1. The van der Waals surface area contributed by atoms with E-state index in [-0.39, 0.29) is 49.9 Å². The smallest absolute Gasteiger partial charge is 0.394 e. The third-order valence-electron chi connectivity index (χ3n) is 9.35. The number of hydrogen-bond donors (Lipinski definition) is 1. The minimum absolute atomic E-state index is 0. The van der Waals surface area contributed by atoms with E-state index in [9.17, 15) is 23.1 Å². The van der Waals surface area contributed by atoms with Crippen molar-refractivity contribution in [1.82, 2.24) is 4.98 Å². The maximum Gasteiger partial charge on any atom is 0.394 e. The van der Waals surface area contributed by atoms with Crippen molar-refractivity contribution in [3.05, 3.63) is 89.8 Å². The fourth-order valence-electron chi connectivity index (χ4n) is 6.18. The molecule has 253 valence electrons. The number of alkyl halides is 3. The van der Waals surface area contributed by atoms with E-state index in [1.807, 2.05) is 65.0 Å². The Balaban J connectivity index is 0.000000322. The fourth-order valence-corrected chi connectivity index (χ4v) is 6.18. The van der Waals surface area contributed by atoms with Crippen LogP contribution in [0.5, 0.6) is 0 Å². The number of halogens is 3. The predicted molar refractivity (Wildman–Crippen MR) is 185 cm³/mol. The number of allylic oxidation sites excluding steroid dienone is 2. The van der Waals surface area contributed by atoms with Crippen LogP contribution in [0.2, 0.25) is 0 Å². The molecule has 0 bridgehead atoms. The number of hydrogen-bond acceptors (Lipinski definition) is 3. The minimum atomic E-state index is -4.26. The molecule has 1 N–H and O–H groups in total. The summed E-state index contributed by atoms with van der Waals surface area (Å²) in [6, 6.07) is 21.4. The molecular weight excluding hydrogens is 776 g/mol. The van der Waals surface area contributed by atoms with Gasteiger partial charge in [-0.05, 0) is 59.3 Å². The number of pyridine rings is 1. The molecule has 0 amide bonds. The van der Waals surface area contributed by atoms with Gasteiger partial charge in [-0.15, -0.1) is 17.0 Å². The van der Waals surface area contributed by atoms with Crippen LogP contribution in [-0.2, 0) is 31.3 Å². The summed E-state index contributed by atoms with van der Waals surface area (Å²) in [6.07, 6.45) is 2.38. The van der Waals surface area contributed by atoms with E-state index in [0.29, 0.717) is 5.56 Å². The van der Waals surface area contributed by atoms with Crippen molar-refractivity contribution < 1.29 is 43.2 Å². The van der Waals surface area contributed by atoms with Crippen LogP contribution in [0.4, 0.5) is 13.2 Å². The molecule has 0 spiro atoms. The molecule has 0 saturated heterocycles. The zero-order valence-electron chi connectivity index (χ0n) is 28.3. The summed E-state index contributed by atoms with van der Waals surface area (Å²) in [4.78, 5) is 16.4. The average Bonchev–Trinajstić information content (AvgIpc) is 3.01. The van der Waals surface area contributed by atoms with E-state index in [2.05, 4.69) is 24.3 Å². The van der Waals surface area contributed by atoms with Crippen LogP contribution in [-0.4, -0.2) is 22.1 Å². The molecule has 1 aromatic heterocycles. The molecule has 47 heavy (non-hydrogen) atoms. The third kappa shape index (κ3) is 8.24. The summed E-state index contributed by atoms with van der Waals surface area (Å²) in [7, 11) is 0. The summed E-state index contributed by atoms with van der Waals surface area (Å²) in [5.74, 6) is 0.547. The number of aromatic nitrogens is 1. The number of aliphatic hydroxyl groups excluding tert-OH is 1. The van der Waals surface area contributed by atoms with Crippen molar-refractivity contribution in [2.24, 2.45) is 17.3 Å². The normalized spacial score (nSPS) is 12.6. The first kappa shape index (κ1) is 38.2. The van der Waals surface area contributed by atoms with Crippen LogP contribution in [0.15, 0.2) is 72.6 Å². The van der Waals surface area contributed by atoms with Crippen LogP contribution >= 0.6 is 0 Å². The second-order valence-electron chi connectivity index (χ2n) is 12.9. The average molecular weight is 821 g/mol. The Hall–Kier alpha value is -3.28. The Labute approximate surface area is 290 Å². The number of fused-ring (bicyclic) bond motifs is 7. The monoisotopic (exact) mass is 821 g/mol. The SMILES string of the molecule is CCC(CC)C(=O)/C=C(\O)C(CC)CC.Cc1[c-]c2c(ccc3c4cc(CC(C)(C)C(F)(F)F)ccc4cnc23)c2ccccc12.[Ir]. The van der Waals surface area contributed by atoms with Crippen molar-refractivity contribution in [2.75, 3.05) is 0 Å². The fraction of sp³-hybridized carbons (Fsp3) is 0.400. The van der Waals surface area contributed by atoms with Gasteiger partial charge in [-0.3, -0.25) is 4.79 Å². The Morgan fingerprint density at radius 3 is 2.04 bits per heavy atom. The van der Waals surface area contributed by atoms with E-state index in [1.54, 1.807) is 12.3 Å². The van der Waals surface area contributed by atoms with Gasteiger partial charge in [-0.1, -0.05) is 119 Å². The quantitative estimate of drug-likeness (QED) is 0.0697. The molecule has 0 atom stereocenters. The molecule has 0 fully saturated rings. The van der Waals surface area contributed by atoms with Gasteiger partial charge in [0.15, 0.2) is 5.78 Å². The van der Waals surface area contributed by atoms with Crippen molar-refractivity contribution in [2.45, 2.75) is 86.7 Å². The predicted octanol–water partition coefficient (Wildman–Crippen LogP) is 11.8. The summed E-state index contributed by atoms with van der Waals surface area (Å²) in [5.41, 5.74) is 0.755. The van der Waals surface area contributed by atoms with Gasteiger partial charge in [-0.2, -0.15) is 13.2 Å². The molecule has 0 aliphatic carbocycles. The topological polar surface area (TPSA) is 50.2 Å². The molecule has 0 aliphatic heterocycles. The van der Waals surface area contributed by atoms with Crippen LogP contribution in [0, 0.1) is 30.2 Å². The zero-order valence-corrected chi connectivity index (χ0v) is 30.7. The van der Waals surface area contributed by atoms with E-state index >= 15 is 0 Å². The standard InChI is InChI=1S/C27H21F3N.C13H24O2.Ir/c1-16-12-24-21(20-7-5-4-6-19(16)20)10-11-22-23-13-17(14-26(2,3)27(28,29)30)8-9-18(23)15-31-25(22)24;1-5-10(6-2)12(14)9-13(15)11(7-3)8-4;/h4-11,13,15H,14H2,1-3H3;9-11,14H,5-8H2,1-4H3;/q-1;;/b;12-9-;. The third-order valence-corrected chi connectivity index (χ3v) is 9.35. The Morgan fingerprint density at radius 2 is 1.45 bits per heavy atom. The first-order valence-corrected chi connectivity index (χ1v) is 16.3. The van der Waals surface area contributed by atoms with Gasteiger partial charge in [0.1, 0.15) is 0 Å². The number of benzene rings is 4. The molecule has 7 heteroatoms. The van der Waals surface area contributed by atoms with Crippen LogP contribution in [0.1, 0.15) is 78.4 Å². The van der Waals surface area contributed by atoms with Crippen molar-refractivity contribution in [3.8, 4) is 0 Å². The minimum Gasteiger partial charge on any atom is -0.512 e. The summed E-state index contributed by atoms with van der Waals surface area (Å²) in [5, 5.41) is 16.9. The van der Waals surface area contributed by atoms with Crippen molar-refractivity contribution in [3.63, 3.8) is 0 Å². The second kappa shape index (κ2) is 15.7. The second-order valence-corrected chi connectivity index (χ2v) is 12.9. The molecule has 3 nitrogen and oxygen atoms in total. The summed E-state index contributed by atoms with van der Waals surface area (Å²) >= 11 is 0. The van der Waals surface area contributed by atoms with E-state index in [4.69, 9.17) is 4.98 Å². The number of carbonyl (C=O) groups is 1. The Kier molecular flexibility index (Phi) is 12.8. The molecule has 0 aliphatic rings. The number of nitrogens with zero attached hydrogens (tertiary/aromatic N) is 1. The summed E-state index contributed by atoms with van der Waals surface area (Å²) < 4.78 is 40.2. The van der Waals surface area contributed by atoms with E-state index in [1.165, 1.54) is 19.9 Å². The molecule has 1 radical (unpaired) electrons. The van der Waals surface area contributed by atoms with Crippen LogP contribution in [0.25, 0.3) is 43.2 Å². The number of aliphatic hydroxyl groups is 1. The molecule has 0 saturated carbocycles. The van der Waals surface area contributed by atoms with E-state index < -0.39 is 11.6 Å². The zero-order chi connectivity index (χ0) is 33.8. The van der Waals surface area contributed by atoms with Gasteiger partial charge >= 0.3 is 6.18 Å². The molecular formula is C40H45F3IrNO2-. The van der Waals surface area contributed by atoms with E-state index in [0.717, 1.165) is 74.5 Å². The number of carbonyl (C=O) groups excluding carboxylic acids is 1. The summed E-state index contributed by atoms with van der Waals surface area (Å²) in [6.45, 7) is 12.6. The molecule has 1 heterocycles. The maximum atomic E-state index is 13.4. The van der Waals surface area contributed by atoms with Crippen LogP contribution in [0.3, 0.4) is 0 Å². The van der Waals surface area contributed by atoms with Gasteiger partial charge in [0, 0.05) is 44.2 Å². The Morgan fingerprint density at radius 1 is 0.851 bits per heavy atom. The molecule has 5 rings (SSSR count). The molecule has 4 aromatic carbocycles. The maximum absolute atomic E-state index is 13.4. The molecule has 5 aromatic rings. The van der Waals surface area contributed by atoms with Gasteiger partial charge < -0.3 is 10.1 Å². The number of aryl methyl sites for hydroxylation is 1. The first-order chi connectivity index (χ1) is 21.8. The van der Waals surface area contributed by atoms with Gasteiger partial charge in [0.05, 0.1) is 11.2 Å². The molecule has 0 unspecified atom stereocenters. The number of rotatable bonds is 9. The van der Waals surface area contributed by atoms with Gasteiger partial charge in [-0.25, -0.2) is 0 Å². The largest absolute Gasteiger partial charge is 0.512 e.